The molecule has 1 aromatic carbocycles. The fourth-order valence-electron chi connectivity index (χ4n) is 2.86. The number of hydrogen-bond donors (Lipinski definition) is 0. The molecule has 0 N–H and O–H groups in total. The molecule has 3 aromatic heterocycles. The highest BCUT2D eigenvalue weighted by molar-refractivity contribution is 5.76. The van der Waals surface area contributed by atoms with Gasteiger partial charge in [0.2, 0.25) is 0 Å². The average Bonchev–Trinajstić information content (AvgIpc) is 3.13. The van der Waals surface area contributed by atoms with E-state index in [4.69, 9.17) is 0 Å². The zero-order chi connectivity index (χ0) is 18.8. The Morgan fingerprint density at radius 3 is 2.67 bits per heavy atom. The van der Waals surface area contributed by atoms with Gasteiger partial charge in [0, 0.05) is 30.9 Å². The summed E-state index contributed by atoms with van der Waals surface area (Å²) in [5, 5.41) is 15.7. The summed E-state index contributed by atoms with van der Waals surface area (Å²) in [6.45, 7) is 0.426. The van der Waals surface area contributed by atoms with Crippen molar-refractivity contribution < 1.29 is 4.92 Å². The molecule has 0 aliphatic rings. The normalized spacial score (nSPS) is 11.0. The van der Waals surface area contributed by atoms with E-state index in [-0.39, 0.29) is 22.6 Å². The largest absolute Gasteiger partial charge is 0.298 e. The Hall–Kier alpha value is -3.88. The number of nitro groups is 1. The van der Waals surface area contributed by atoms with Crippen LogP contribution in [-0.2, 0) is 13.0 Å². The first kappa shape index (κ1) is 16.6. The van der Waals surface area contributed by atoms with Crippen molar-refractivity contribution in [3.8, 4) is 5.69 Å². The van der Waals surface area contributed by atoms with Gasteiger partial charge in [0.05, 0.1) is 17.4 Å². The number of aromatic nitrogens is 5. The average molecular weight is 362 g/mol. The van der Waals surface area contributed by atoms with Gasteiger partial charge >= 0.3 is 0 Å². The van der Waals surface area contributed by atoms with E-state index >= 15 is 0 Å². The van der Waals surface area contributed by atoms with Crippen LogP contribution in [0.25, 0.3) is 16.7 Å². The number of rotatable bonds is 5. The summed E-state index contributed by atoms with van der Waals surface area (Å²) in [6, 6.07) is 11.8. The predicted octanol–water partition coefficient (Wildman–Crippen LogP) is 2.13. The van der Waals surface area contributed by atoms with Crippen LogP contribution in [0.15, 0.2) is 66.0 Å². The molecule has 0 saturated heterocycles. The van der Waals surface area contributed by atoms with Crippen LogP contribution < -0.4 is 5.56 Å². The van der Waals surface area contributed by atoms with Gasteiger partial charge in [0.25, 0.3) is 11.2 Å². The summed E-state index contributed by atoms with van der Waals surface area (Å²) in [7, 11) is 0. The number of nitro benzene ring substituents is 1. The van der Waals surface area contributed by atoms with Crippen molar-refractivity contribution >= 4 is 16.7 Å². The quantitative estimate of drug-likeness (QED) is 0.397. The lowest BCUT2D eigenvalue weighted by molar-refractivity contribution is -0.384. The molecule has 0 aliphatic carbocycles. The second kappa shape index (κ2) is 6.79. The molecule has 0 saturated carbocycles. The molecule has 3 heterocycles. The van der Waals surface area contributed by atoms with E-state index in [1.54, 1.807) is 24.4 Å². The maximum atomic E-state index is 12.7. The van der Waals surface area contributed by atoms with Crippen LogP contribution in [0.3, 0.4) is 0 Å². The van der Waals surface area contributed by atoms with Crippen LogP contribution in [0, 0.1) is 10.1 Å². The van der Waals surface area contributed by atoms with Crippen LogP contribution in [0.1, 0.15) is 5.69 Å². The van der Waals surface area contributed by atoms with Crippen molar-refractivity contribution in [3.63, 3.8) is 0 Å². The van der Waals surface area contributed by atoms with Gasteiger partial charge in [-0.15, -0.1) is 0 Å². The number of aryl methyl sites for hydroxylation is 2. The van der Waals surface area contributed by atoms with E-state index in [0.29, 0.717) is 18.4 Å². The van der Waals surface area contributed by atoms with E-state index in [9.17, 15) is 14.9 Å². The van der Waals surface area contributed by atoms with Crippen molar-refractivity contribution in [2.75, 3.05) is 0 Å². The third-order valence-corrected chi connectivity index (χ3v) is 4.20. The fraction of sp³-hybridized carbons (Fsp3) is 0.111. The molecule has 0 amide bonds. The van der Waals surface area contributed by atoms with Crippen LogP contribution in [-0.4, -0.2) is 29.2 Å². The molecule has 0 bridgehead atoms. The van der Waals surface area contributed by atoms with E-state index in [1.165, 1.54) is 27.8 Å². The highest BCUT2D eigenvalue weighted by atomic mass is 16.6. The molecular weight excluding hydrogens is 348 g/mol. The molecule has 0 radical (unpaired) electrons. The predicted molar refractivity (Wildman–Crippen MR) is 97.7 cm³/mol. The van der Waals surface area contributed by atoms with Crippen LogP contribution >= 0.6 is 0 Å². The van der Waals surface area contributed by atoms with Gasteiger partial charge in [-0.3, -0.25) is 24.5 Å². The highest BCUT2D eigenvalue weighted by Gasteiger charge is 2.19. The Balaban J connectivity index is 1.72. The standard InChI is InChI=1S/C18H14N6O3/c25-18-14-11-21-23(15-6-1-2-7-16(15)24(26)27)17(14)20-12-22(18)10-8-13-5-3-4-9-19-13/h1-7,9,11-12H,8,10H2. The third kappa shape index (κ3) is 3.06. The monoisotopic (exact) mass is 362 g/mol. The van der Waals surface area contributed by atoms with Crippen molar-refractivity contribution in [1.29, 1.82) is 0 Å². The molecule has 0 atom stereocenters. The lowest BCUT2D eigenvalue weighted by Gasteiger charge is -2.06. The van der Waals surface area contributed by atoms with Gasteiger partial charge in [-0.1, -0.05) is 18.2 Å². The molecule has 9 nitrogen and oxygen atoms in total. The summed E-state index contributed by atoms with van der Waals surface area (Å²) in [5.41, 5.74) is 1.06. The molecule has 4 rings (SSSR count). The summed E-state index contributed by atoms with van der Waals surface area (Å²) < 4.78 is 2.81. The minimum absolute atomic E-state index is 0.108. The molecule has 4 aromatic rings. The minimum atomic E-state index is -0.489. The maximum absolute atomic E-state index is 12.7. The van der Waals surface area contributed by atoms with E-state index in [0.717, 1.165) is 5.69 Å². The fourth-order valence-corrected chi connectivity index (χ4v) is 2.86. The van der Waals surface area contributed by atoms with Crippen molar-refractivity contribution in [2.45, 2.75) is 13.0 Å². The Labute approximate surface area is 152 Å². The molecule has 0 unspecified atom stereocenters. The lowest BCUT2D eigenvalue weighted by Crippen LogP contribution is -2.21. The summed E-state index contributed by atoms with van der Waals surface area (Å²) in [5.74, 6) is 0. The number of fused-ring (bicyclic) bond motifs is 1. The van der Waals surface area contributed by atoms with Crippen LogP contribution in [0.2, 0.25) is 0 Å². The van der Waals surface area contributed by atoms with Crippen molar-refractivity contribution in [1.82, 2.24) is 24.3 Å². The summed E-state index contributed by atoms with van der Waals surface area (Å²) >= 11 is 0. The zero-order valence-corrected chi connectivity index (χ0v) is 14.1. The van der Waals surface area contributed by atoms with Gasteiger partial charge in [-0.25, -0.2) is 9.67 Å². The van der Waals surface area contributed by atoms with E-state index in [2.05, 4.69) is 15.1 Å². The van der Waals surface area contributed by atoms with Crippen LogP contribution in [0.5, 0.6) is 0 Å². The second-order valence-corrected chi connectivity index (χ2v) is 5.85. The Kier molecular flexibility index (Phi) is 4.17. The van der Waals surface area contributed by atoms with Gasteiger partial charge in [0.15, 0.2) is 5.65 Å². The lowest BCUT2D eigenvalue weighted by atomic mass is 10.2. The first-order chi connectivity index (χ1) is 13.1. The zero-order valence-electron chi connectivity index (χ0n) is 14.1. The molecule has 134 valence electrons. The topological polar surface area (TPSA) is 109 Å². The van der Waals surface area contributed by atoms with Crippen LogP contribution in [0.4, 0.5) is 5.69 Å². The third-order valence-electron chi connectivity index (χ3n) is 4.20. The number of para-hydroxylation sites is 2. The van der Waals surface area contributed by atoms with E-state index < -0.39 is 4.92 Å². The molecular formula is C18H14N6O3. The Morgan fingerprint density at radius 2 is 1.89 bits per heavy atom. The Morgan fingerprint density at radius 1 is 1.07 bits per heavy atom. The molecule has 9 heteroatoms. The summed E-state index contributed by atoms with van der Waals surface area (Å²) in [6.07, 6.45) is 5.11. The Bertz CT molecular complexity index is 1180. The number of pyridine rings is 1. The minimum Gasteiger partial charge on any atom is -0.298 e. The highest BCUT2D eigenvalue weighted by Crippen LogP contribution is 2.23. The SMILES string of the molecule is O=c1c2cnn(-c3ccccc3[N+](=O)[O-])c2ncn1CCc1ccccn1. The van der Waals surface area contributed by atoms with Gasteiger partial charge in [-0.2, -0.15) is 5.10 Å². The smallest absolute Gasteiger partial charge is 0.294 e. The second-order valence-electron chi connectivity index (χ2n) is 5.85. The molecule has 0 fully saturated rings. The number of hydrogen-bond acceptors (Lipinski definition) is 6. The van der Waals surface area contributed by atoms with Gasteiger partial charge in [0.1, 0.15) is 11.1 Å². The van der Waals surface area contributed by atoms with Crippen molar-refractivity contribution in [2.24, 2.45) is 0 Å². The van der Waals surface area contributed by atoms with Gasteiger partial charge < -0.3 is 0 Å². The number of benzene rings is 1. The molecule has 0 spiro atoms. The summed E-state index contributed by atoms with van der Waals surface area (Å²) in [4.78, 5) is 32.1. The van der Waals surface area contributed by atoms with E-state index in [1.807, 2.05) is 18.2 Å². The first-order valence-electron chi connectivity index (χ1n) is 8.22. The first-order valence-corrected chi connectivity index (χ1v) is 8.22. The van der Waals surface area contributed by atoms with Crippen molar-refractivity contribution in [3.05, 3.63) is 87.3 Å². The van der Waals surface area contributed by atoms with Gasteiger partial charge in [-0.05, 0) is 18.2 Å². The molecule has 0 aliphatic heterocycles. The number of nitrogens with zero attached hydrogens (tertiary/aromatic N) is 6. The molecule has 27 heavy (non-hydrogen) atoms. The maximum Gasteiger partial charge on any atom is 0.294 e.